The summed E-state index contributed by atoms with van der Waals surface area (Å²) in [5, 5.41) is -0.0186. The maximum Gasteiger partial charge on any atom is 0.282 e. The number of aryl methyl sites for hydroxylation is 3. The molecule has 0 aromatic carbocycles. The SMILES string of the molecule is Cc1cc(NS(=O)(=O)c2cn(C)c(C)n2)ncc1Br. The van der Waals surface area contributed by atoms with E-state index in [-0.39, 0.29) is 10.8 Å². The molecule has 0 saturated carbocycles. The Morgan fingerprint density at radius 3 is 2.58 bits per heavy atom. The van der Waals surface area contributed by atoms with Gasteiger partial charge in [0, 0.05) is 23.9 Å². The van der Waals surface area contributed by atoms with Gasteiger partial charge in [0.05, 0.1) is 0 Å². The van der Waals surface area contributed by atoms with Crippen LogP contribution in [0.5, 0.6) is 0 Å². The van der Waals surface area contributed by atoms with Gasteiger partial charge in [-0.1, -0.05) is 0 Å². The molecule has 0 aliphatic rings. The van der Waals surface area contributed by atoms with Crippen LogP contribution in [-0.2, 0) is 17.1 Å². The third kappa shape index (κ3) is 2.95. The predicted octanol–water partition coefficient (Wildman–Crippen LogP) is 2.00. The molecule has 8 heteroatoms. The summed E-state index contributed by atoms with van der Waals surface area (Å²) in [7, 11) is -1.96. The van der Waals surface area contributed by atoms with E-state index < -0.39 is 10.0 Å². The van der Waals surface area contributed by atoms with Crippen LogP contribution in [0, 0.1) is 13.8 Å². The van der Waals surface area contributed by atoms with Crippen molar-refractivity contribution < 1.29 is 8.42 Å². The number of sulfonamides is 1. The molecule has 102 valence electrons. The number of nitrogens with zero attached hydrogens (tertiary/aromatic N) is 3. The highest BCUT2D eigenvalue weighted by Crippen LogP contribution is 2.19. The van der Waals surface area contributed by atoms with Gasteiger partial charge in [0.1, 0.15) is 11.6 Å². The van der Waals surface area contributed by atoms with Crippen LogP contribution in [-0.4, -0.2) is 23.0 Å². The number of nitrogens with one attached hydrogen (secondary N) is 1. The predicted molar refractivity (Wildman–Crippen MR) is 75.4 cm³/mol. The van der Waals surface area contributed by atoms with Crippen molar-refractivity contribution >= 4 is 31.8 Å². The molecule has 0 amide bonds. The van der Waals surface area contributed by atoms with Crippen LogP contribution in [0.25, 0.3) is 0 Å². The van der Waals surface area contributed by atoms with Gasteiger partial charge in [-0.3, -0.25) is 4.72 Å². The summed E-state index contributed by atoms with van der Waals surface area (Å²) in [5.74, 6) is 0.893. The summed E-state index contributed by atoms with van der Waals surface area (Å²) in [6.45, 7) is 3.59. The first-order valence-electron chi connectivity index (χ1n) is 5.44. The molecule has 0 aliphatic carbocycles. The van der Waals surface area contributed by atoms with Crippen LogP contribution in [0.2, 0.25) is 0 Å². The first-order valence-corrected chi connectivity index (χ1v) is 7.72. The van der Waals surface area contributed by atoms with Gasteiger partial charge >= 0.3 is 0 Å². The van der Waals surface area contributed by atoms with Gasteiger partial charge < -0.3 is 4.57 Å². The van der Waals surface area contributed by atoms with Crippen molar-refractivity contribution in [3.63, 3.8) is 0 Å². The van der Waals surface area contributed by atoms with E-state index in [1.165, 1.54) is 6.20 Å². The average Bonchev–Trinajstić information content (AvgIpc) is 2.65. The smallest absolute Gasteiger partial charge is 0.282 e. The van der Waals surface area contributed by atoms with Crippen LogP contribution in [0.4, 0.5) is 5.82 Å². The second-order valence-electron chi connectivity index (χ2n) is 4.16. The third-order valence-corrected chi connectivity index (χ3v) is 4.70. The molecular formula is C11H13BrN4O2S. The number of hydrogen-bond acceptors (Lipinski definition) is 4. The average molecular weight is 345 g/mol. The molecule has 0 fully saturated rings. The van der Waals surface area contributed by atoms with Crippen molar-refractivity contribution in [3.05, 3.63) is 34.3 Å². The minimum Gasteiger partial charge on any atom is -0.337 e. The van der Waals surface area contributed by atoms with Crippen LogP contribution in [0.15, 0.2) is 28.0 Å². The Balaban J connectivity index is 2.33. The second kappa shape index (κ2) is 4.93. The Hall–Kier alpha value is -1.41. The zero-order chi connectivity index (χ0) is 14.2. The summed E-state index contributed by atoms with van der Waals surface area (Å²) in [4.78, 5) is 8.00. The van der Waals surface area contributed by atoms with E-state index in [4.69, 9.17) is 0 Å². The molecule has 6 nitrogen and oxygen atoms in total. The highest BCUT2D eigenvalue weighted by molar-refractivity contribution is 9.10. The molecule has 2 aromatic rings. The zero-order valence-electron chi connectivity index (χ0n) is 10.7. The van der Waals surface area contributed by atoms with Crippen molar-refractivity contribution in [2.45, 2.75) is 18.9 Å². The van der Waals surface area contributed by atoms with Gasteiger partial charge in [0.15, 0.2) is 5.03 Å². The van der Waals surface area contributed by atoms with Crippen molar-refractivity contribution in [2.75, 3.05) is 4.72 Å². The highest BCUT2D eigenvalue weighted by Gasteiger charge is 2.19. The molecule has 19 heavy (non-hydrogen) atoms. The summed E-state index contributed by atoms with van der Waals surface area (Å²) in [6, 6.07) is 1.65. The summed E-state index contributed by atoms with van der Waals surface area (Å²) >= 11 is 3.31. The summed E-state index contributed by atoms with van der Waals surface area (Å²) in [5.41, 5.74) is 0.893. The first kappa shape index (κ1) is 14.0. The van der Waals surface area contributed by atoms with Crippen LogP contribution >= 0.6 is 15.9 Å². The minimum absolute atomic E-state index is 0.0186. The normalized spacial score (nSPS) is 11.6. The van der Waals surface area contributed by atoms with E-state index in [1.54, 1.807) is 30.8 Å². The van der Waals surface area contributed by atoms with Gasteiger partial charge in [0.25, 0.3) is 10.0 Å². The third-order valence-electron chi connectivity index (χ3n) is 2.65. The van der Waals surface area contributed by atoms with Crippen LogP contribution in [0.1, 0.15) is 11.4 Å². The largest absolute Gasteiger partial charge is 0.337 e. The van der Waals surface area contributed by atoms with E-state index in [1.807, 2.05) is 6.92 Å². The van der Waals surface area contributed by atoms with Crippen LogP contribution in [0.3, 0.4) is 0 Å². The Kier molecular flexibility index (Phi) is 3.64. The fourth-order valence-electron chi connectivity index (χ4n) is 1.44. The van der Waals surface area contributed by atoms with Crippen molar-refractivity contribution in [1.82, 2.24) is 14.5 Å². The van der Waals surface area contributed by atoms with E-state index >= 15 is 0 Å². The fraction of sp³-hybridized carbons (Fsp3) is 0.273. The zero-order valence-corrected chi connectivity index (χ0v) is 13.1. The highest BCUT2D eigenvalue weighted by atomic mass is 79.9. The minimum atomic E-state index is -3.70. The molecule has 0 radical (unpaired) electrons. The molecule has 0 saturated heterocycles. The quantitative estimate of drug-likeness (QED) is 0.923. The topological polar surface area (TPSA) is 76.9 Å². The van der Waals surface area contributed by atoms with Gasteiger partial charge in [0.2, 0.25) is 0 Å². The number of rotatable bonds is 3. The van der Waals surface area contributed by atoms with Gasteiger partial charge in [-0.15, -0.1) is 0 Å². The van der Waals surface area contributed by atoms with Gasteiger partial charge in [-0.2, -0.15) is 8.42 Å². The molecule has 2 rings (SSSR count). The molecule has 0 atom stereocenters. The fourth-order valence-corrected chi connectivity index (χ4v) is 2.70. The van der Waals surface area contributed by atoms with Crippen molar-refractivity contribution in [3.8, 4) is 0 Å². The van der Waals surface area contributed by atoms with Crippen molar-refractivity contribution in [2.24, 2.45) is 7.05 Å². The molecule has 1 N–H and O–H groups in total. The molecule has 0 aliphatic heterocycles. The monoisotopic (exact) mass is 344 g/mol. The number of hydrogen-bond donors (Lipinski definition) is 1. The number of pyridine rings is 1. The maximum atomic E-state index is 12.1. The summed E-state index contributed by atoms with van der Waals surface area (Å²) < 4.78 is 29.1. The second-order valence-corrected chi connectivity index (χ2v) is 6.65. The number of aromatic nitrogens is 3. The molecule has 2 aromatic heterocycles. The van der Waals surface area contributed by atoms with E-state index in [0.717, 1.165) is 10.0 Å². The lowest BCUT2D eigenvalue weighted by atomic mass is 10.3. The number of halogens is 1. The molecule has 2 heterocycles. The van der Waals surface area contributed by atoms with Gasteiger partial charge in [-0.25, -0.2) is 9.97 Å². The number of anilines is 1. The lowest BCUT2D eigenvalue weighted by Crippen LogP contribution is -2.14. The van der Waals surface area contributed by atoms with E-state index in [0.29, 0.717) is 5.82 Å². The Morgan fingerprint density at radius 2 is 2.05 bits per heavy atom. The first-order chi connectivity index (χ1) is 8.79. The molecule has 0 bridgehead atoms. The van der Waals surface area contributed by atoms with Crippen molar-refractivity contribution in [1.29, 1.82) is 0 Å². The van der Waals surface area contributed by atoms with E-state index in [2.05, 4.69) is 30.6 Å². The Labute approximate surface area is 120 Å². The molecule has 0 unspecified atom stereocenters. The lowest BCUT2D eigenvalue weighted by molar-refractivity contribution is 0.598. The maximum absolute atomic E-state index is 12.1. The molecule has 0 spiro atoms. The summed E-state index contributed by atoms with van der Waals surface area (Å²) in [6.07, 6.45) is 3.01. The van der Waals surface area contributed by atoms with E-state index in [9.17, 15) is 8.42 Å². The standard InChI is InChI=1S/C11H13BrN4O2S/c1-7-4-10(13-5-9(7)12)15-19(17,18)11-6-16(3)8(2)14-11/h4-6H,1-3H3,(H,13,15). The Morgan fingerprint density at radius 1 is 1.37 bits per heavy atom. The number of imidazole rings is 1. The van der Waals surface area contributed by atoms with Crippen LogP contribution < -0.4 is 4.72 Å². The molecular weight excluding hydrogens is 332 g/mol. The lowest BCUT2D eigenvalue weighted by Gasteiger charge is -2.06. The Bertz CT molecular complexity index is 705. The van der Waals surface area contributed by atoms with Gasteiger partial charge in [-0.05, 0) is 41.4 Å².